The smallest absolute Gasteiger partial charge is 0.326 e. The summed E-state index contributed by atoms with van der Waals surface area (Å²) in [5, 5.41) is 12.2. The van der Waals surface area contributed by atoms with E-state index in [0.29, 0.717) is 19.3 Å². The molecule has 0 unspecified atom stereocenters. The Kier molecular flexibility index (Phi) is 6.73. The average molecular weight is 351 g/mol. The van der Waals surface area contributed by atoms with Gasteiger partial charge in [0.15, 0.2) is 0 Å². The zero-order chi connectivity index (χ0) is 19.0. The standard InChI is InChI=1S/C22H25NO3/c1-3-4-7-16-19(20(24)25)23-21(26)22(2,17-12-8-5-9-13-17)18-14-10-6-11-15-18/h3,5-6,8-15,19H,1,4,7,16H2,2H3,(H,23,26)(H,24,25)/t19-/m1/s1. The third-order valence-electron chi connectivity index (χ3n) is 4.66. The number of allylic oxidation sites excluding steroid dienone is 1. The van der Waals surface area contributed by atoms with Crippen molar-refractivity contribution >= 4 is 11.9 Å². The number of carboxylic acid groups (broad SMARTS) is 1. The second-order valence-corrected chi connectivity index (χ2v) is 6.44. The summed E-state index contributed by atoms with van der Waals surface area (Å²) in [5.74, 6) is -1.34. The summed E-state index contributed by atoms with van der Waals surface area (Å²) in [5.41, 5.74) is 0.659. The van der Waals surface area contributed by atoms with E-state index in [1.165, 1.54) is 0 Å². The number of benzene rings is 2. The molecule has 2 aromatic carbocycles. The van der Waals surface area contributed by atoms with Gasteiger partial charge in [-0.25, -0.2) is 4.79 Å². The Hall–Kier alpha value is -2.88. The molecular weight excluding hydrogens is 326 g/mol. The normalized spacial score (nSPS) is 12.2. The lowest BCUT2D eigenvalue weighted by molar-refractivity contribution is -0.142. The molecule has 2 N–H and O–H groups in total. The van der Waals surface area contributed by atoms with E-state index in [2.05, 4.69) is 11.9 Å². The van der Waals surface area contributed by atoms with Crippen molar-refractivity contribution in [3.8, 4) is 0 Å². The minimum Gasteiger partial charge on any atom is -0.480 e. The third-order valence-corrected chi connectivity index (χ3v) is 4.66. The van der Waals surface area contributed by atoms with Crippen molar-refractivity contribution in [1.29, 1.82) is 0 Å². The van der Waals surface area contributed by atoms with Gasteiger partial charge in [-0.2, -0.15) is 0 Å². The van der Waals surface area contributed by atoms with E-state index in [1.54, 1.807) is 6.08 Å². The maximum absolute atomic E-state index is 13.2. The summed E-state index contributed by atoms with van der Waals surface area (Å²) in [6.07, 6.45) is 3.49. The lowest BCUT2D eigenvalue weighted by Gasteiger charge is -2.31. The van der Waals surface area contributed by atoms with Crippen LogP contribution in [-0.2, 0) is 15.0 Å². The van der Waals surface area contributed by atoms with E-state index in [9.17, 15) is 14.7 Å². The molecule has 0 aliphatic carbocycles. The van der Waals surface area contributed by atoms with Crippen LogP contribution < -0.4 is 5.32 Å². The van der Waals surface area contributed by atoms with Gasteiger partial charge in [0.2, 0.25) is 5.91 Å². The minimum atomic E-state index is -1.02. The van der Waals surface area contributed by atoms with Gasteiger partial charge >= 0.3 is 5.97 Å². The summed E-state index contributed by atoms with van der Waals surface area (Å²) in [7, 11) is 0. The van der Waals surface area contributed by atoms with Gasteiger partial charge < -0.3 is 10.4 Å². The van der Waals surface area contributed by atoms with Crippen molar-refractivity contribution in [2.45, 2.75) is 37.6 Å². The monoisotopic (exact) mass is 351 g/mol. The molecule has 0 aromatic heterocycles. The van der Waals surface area contributed by atoms with Crippen LogP contribution in [0.25, 0.3) is 0 Å². The maximum atomic E-state index is 13.2. The lowest BCUT2D eigenvalue weighted by atomic mass is 9.75. The molecule has 0 heterocycles. The van der Waals surface area contributed by atoms with Crippen LogP contribution in [0.1, 0.15) is 37.3 Å². The lowest BCUT2D eigenvalue weighted by Crippen LogP contribution is -2.50. The van der Waals surface area contributed by atoms with Gasteiger partial charge in [0.05, 0.1) is 5.41 Å². The first-order valence-corrected chi connectivity index (χ1v) is 8.76. The second kappa shape index (κ2) is 8.99. The molecule has 0 spiro atoms. The van der Waals surface area contributed by atoms with Crippen LogP contribution in [0.4, 0.5) is 0 Å². The number of aliphatic carboxylic acids is 1. The number of amides is 1. The summed E-state index contributed by atoms with van der Waals surface area (Å²) >= 11 is 0. The zero-order valence-electron chi connectivity index (χ0n) is 15.0. The highest BCUT2D eigenvalue weighted by Gasteiger charge is 2.38. The molecule has 2 rings (SSSR count). The highest BCUT2D eigenvalue weighted by atomic mass is 16.4. The zero-order valence-corrected chi connectivity index (χ0v) is 15.0. The average Bonchev–Trinajstić information content (AvgIpc) is 2.67. The van der Waals surface area contributed by atoms with E-state index >= 15 is 0 Å². The molecule has 26 heavy (non-hydrogen) atoms. The van der Waals surface area contributed by atoms with Crippen LogP contribution in [0.5, 0.6) is 0 Å². The molecule has 1 amide bonds. The van der Waals surface area contributed by atoms with Gasteiger partial charge in [0, 0.05) is 0 Å². The fourth-order valence-corrected chi connectivity index (χ4v) is 3.00. The molecule has 0 saturated heterocycles. The highest BCUT2D eigenvalue weighted by molar-refractivity contribution is 5.94. The Balaban J connectivity index is 2.34. The number of hydrogen-bond donors (Lipinski definition) is 2. The first-order valence-electron chi connectivity index (χ1n) is 8.76. The largest absolute Gasteiger partial charge is 0.480 e. The molecule has 2 aromatic rings. The number of carbonyl (C=O) groups excluding carboxylic acids is 1. The van der Waals surface area contributed by atoms with Crippen LogP contribution in [0.2, 0.25) is 0 Å². The van der Waals surface area contributed by atoms with Gasteiger partial charge in [-0.1, -0.05) is 66.7 Å². The van der Waals surface area contributed by atoms with Crippen molar-refractivity contribution in [1.82, 2.24) is 5.32 Å². The van der Waals surface area contributed by atoms with Crippen LogP contribution in [0, 0.1) is 0 Å². The first-order chi connectivity index (χ1) is 12.5. The highest BCUT2D eigenvalue weighted by Crippen LogP contribution is 2.32. The van der Waals surface area contributed by atoms with Crippen LogP contribution >= 0.6 is 0 Å². The van der Waals surface area contributed by atoms with Gasteiger partial charge in [0.1, 0.15) is 6.04 Å². The fraction of sp³-hybridized carbons (Fsp3) is 0.273. The number of hydrogen-bond acceptors (Lipinski definition) is 2. The quantitative estimate of drug-likeness (QED) is 0.531. The van der Waals surface area contributed by atoms with Crippen molar-refractivity contribution in [3.05, 3.63) is 84.4 Å². The summed E-state index contributed by atoms with van der Waals surface area (Å²) in [4.78, 5) is 24.8. The topological polar surface area (TPSA) is 66.4 Å². The van der Waals surface area contributed by atoms with Gasteiger partial charge in [-0.15, -0.1) is 6.58 Å². The number of unbranched alkanes of at least 4 members (excludes halogenated alkanes) is 1. The maximum Gasteiger partial charge on any atom is 0.326 e. The molecule has 1 atom stereocenters. The molecule has 0 aliphatic rings. The van der Waals surface area contributed by atoms with Crippen molar-refractivity contribution < 1.29 is 14.7 Å². The van der Waals surface area contributed by atoms with E-state index in [0.717, 1.165) is 11.1 Å². The number of nitrogens with one attached hydrogen (secondary N) is 1. The van der Waals surface area contributed by atoms with Gasteiger partial charge in [0.25, 0.3) is 0 Å². The Morgan fingerprint density at radius 3 is 2.00 bits per heavy atom. The predicted octanol–water partition coefficient (Wildman–Crippen LogP) is 3.92. The molecule has 0 saturated carbocycles. The van der Waals surface area contributed by atoms with E-state index < -0.39 is 17.4 Å². The molecule has 4 nitrogen and oxygen atoms in total. The summed E-state index contributed by atoms with van der Waals surface area (Å²) in [6, 6.07) is 17.9. The number of carboxylic acids is 1. The Morgan fingerprint density at radius 2 is 1.58 bits per heavy atom. The first kappa shape index (κ1) is 19.4. The molecular formula is C22H25NO3. The van der Waals surface area contributed by atoms with Crippen LogP contribution in [-0.4, -0.2) is 23.0 Å². The van der Waals surface area contributed by atoms with E-state index in [1.807, 2.05) is 67.6 Å². The van der Waals surface area contributed by atoms with Gasteiger partial charge in [-0.3, -0.25) is 4.79 Å². The second-order valence-electron chi connectivity index (χ2n) is 6.44. The summed E-state index contributed by atoms with van der Waals surface area (Å²) < 4.78 is 0. The number of rotatable bonds is 9. The van der Waals surface area contributed by atoms with E-state index in [4.69, 9.17) is 0 Å². The fourth-order valence-electron chi connectivity index (χ4n) is 3.00. The van der Waals surface area contributed by atoms with Gasteiger partial charge in [-0.05, 0) is 37.3 Å². The Labute approximate surface area is 154 Å². The predicted molar refractivity (Wildman–Crippen MR) is 103 cm³/mol. The minimum absolute atomic E-state index is 0.319. The van der Waals surface area contributed by atoms with Crippen molar-refractivity contribution in [3.63, 3.8) is 0 Å². The molecule has 0 bridgehead atoms. The Bertz CT molecular complexity index is 701. The molecule has 0 fully saturated rings. The molecule has 4 heteroatoms. The van der Waals surface area contributed by atoms with Crippen LogP contribution in [0.15, 0.2) is 73.3 Å². The van der Waals surface area contributed by atoms with E-state index in [-0.39, 0.29) is 5.91 Å². The Morgan fingerprint density at radius 1 is 1.08 bits per heavy atom. The third kappa shape index (κ3) is 4.39. The summed E-state index contributed by atoms with van der Waals surface area (Å²) in [6.45, 7) is 5.48. The van der Waals surface area contributed by atoms with Crippen LogP contribution in [0.3, 0.4) is 0 Å². The molecule has 0 radical (unpaired) electrons. The van der Waals surface area contributed by atoms with Crippen molar-refractivity contribution in [2.24, 2.45) is 0 Å². The van der Waals surface area contributed by atoms with Crippen molar-refractivity contribution in [2.75, 3.05) is 0 Å². The molecule has 136 valence electrons. The molecule has 0 aliphatic heterocycles. The number of carbonyl (C=O) groups is 2. The SMILES string of the molecule is C=CCCC[C@@H](NC(=O)C(C)(c1ccccc1)c1ccccc1)C(=O)O.